The molecule has 0 amide bonds. The summed E-state index contributed by atoms with van der Waals surface area (Å²) in [4.78, 5) is 4.82. The topological polar surface area (TPSA) is 56.8 Å². The van der Waals surface area contributed by atoms with Crippen LogP contribution in [0.3, 0.4) is 0 Å². The van der Waals surface area contributed by atoms with E-state index in [1.807, 2.05) is 12.1 Å². The Balaban J connectivity index is 1.91. The number of hydrogen-bond donors (Lipinski definition) is 1. The van der Waals surface area contributed by atoms with E-state index in [9.17, 15) is 0 Å². The van der Waals surface area contributed by atoms with E-state index in [1.165, 1.54) is 0 Å². The summed E-state index contributed by atoms with van der Waals surface area (Å²) in [5.41, 5.74) is 6.81. The Kier molecular flexibility index (Phi) is 3.01. The van der Waals surface area contributed by atoms with E-state index in [4.69, 9.17) is 20.2 Å². The molecule has 4 nitrogen and oxygen atoms in total. The van der Waals surface area contributed by atoms with Gasteiger partial charge in [-0.25, -0.2) is 4.99 Å². The number of halogens is 1. The first-order valence-electron chi connectivity index (χ1n) is 6.71. The third kappa shape index (κ3) is 1.81. The van der Waals surface area contributed by atoms with Crippen molar-refractivity contribution in [2.24, 2.45) is 16.6 Å². The summed E-state index contributed by atoms with van der Waals surface area (Å²) in [7, 11) is 0. The number of hydrogen-bond acceptors (Lipinski definition) is 5. The highest BCUT2D eigenvalue weighted by Crippen LogP contribution is 2.52. The lowest BCUT2D eigenvalue weighted by atomic mass is 9.73. The standard InChI is InChI=1S/C14H15BrN2O2S/c15-8-1-2-11-9(5-8)14(7-20-13(16)17-14)10-6-18-4-3-12(10)19-11/h1-2,5,10,12H,3-4,6-7H2,(H2,16,17). The van der Waals surface area contributed by atoms with Gasteiger partial charge in [-0.3, -0.25) is 0 Å². The first-order chi connectivity index (χ1) is 9.69. The number of benzene rings is 1. The summed E-state index contributed by atoms with van der Waals surface area (Å²) in [6.07, 6.45) is 1.09. The van der Waals surface area contributed by atoms with Crippen LogP contribution in [0.2, 0.25) is 0 Å². The molecular weight excluding hydrogens is 340 g/mol. The molecule has 20 heavy (non-hydrogen) atoms. The highest BCUT2D eigenvalue weighted by Gasteiger charge is 2.53. The highest BCUT2D eigenvalue weighted by molar-refractivity contribution is 9.10. The summed E-state index contributed by atoms with van der Waals surface area (Å²) in [5, 5.41) is 0.669. The molecule has 3 aliphatic rings. The maximum Gasteiger partial charge on any atom is 0.154 e. The number of ether oxygens (including phenoxy) is 2. The summed E-state index contributed by atoms with van der Waals surface area (Å²) in [6.45, 7) is 1.45. The maximum atomic E-state index is 6.19. The lowest BCUT2D eigenvalue weighted by Crippen LogP contribution is -2.52. The minimum atomic E-state index is -0.294. The van der Waals surface area contributed by atoms with Crippen LogP contribution in [0.15, 0.2) is 27.7 Å². The molecule has 0 bridgehead atoms. The van der Waals surface area contributed by atoms with Crippen molar-refractivity contribution in [2.75, 3.05) is 19.0 Å². The lowest BCUT2D eigenvalue weighted by molar-refractivity contribution is -0.0628. The van der Waals surface area contributed by atoms with Crippen molar-refractivity contribution in [1.82, 2.24) is 0 Å². The maximum absolute atomic E-state index is 6.19. The van der Waals surface area contributed by atoms with Crippen LogP contribution in [0.1, 0.15) is 12.0 Å². The van der Waals surface area contributed by atoms with Gasteiger partial charge in [0.05, 0.1) is 13.2 Å². The van der Waals surface area contributed by atoms with Gasteiger partial charge in [0.25, 0.3) is 0 Å². The average molecular weight is 355 g/mol. The fourth-order valence-corrected chi connectivity index (χ4v) is 4.77. The molecule has 4 rings (SSSR count). The third-order valence-corrected chi connectivity index (χ3v) is 5.81. The highest BCUT2D eigenvalue weighted by atomic mass is 79.9. The van der Waals surface area contributed by atoms with Gasteiger partial charge >= 0.3 is 0 Å². The molecule has 3 heterocycles. The molecule has 0 saturated carbocycles. The van der Waals surface area contributed by atoms with Gasteiger partial charge in [-0.1, -0.05) is 27.7 Å². The minimum Gasteiger partial charge on any atom is -0.489 e. The molecule has 106 valence electrons. The number of nitrogens with two attached hydrogens (primary N) is 1. The normalized spacial score (nSPS) is 35.1. The van der Waals surface area contributed by atoms with Crippen molar-refractivity contribution in [3.63, 3.8) is 0 Å². The molecule has 1 saturated heterocycles. The number of aliphatic imine (C=N–C) groups is 1. The molecule has 0 aromatic heterocycles. The first-order valence-corrected chi connectivity index (χ1v) is 8.49. The van der Waals surface area contributed by atoms with Crippen molar-refractivity contribution >= 4 is 32.9 Å². The fourth-order valence-electron chi connectivity index (χ4n) is 3.38. The zero-order chi connectivity index (χ0) is 13.7. The summed E-state index contributed by atoms with van der Waals surface area (Å²) >= 11 is 5.18. The van der Waals surface area contributed by atoms with Crippen LogP contribution in [0, 0.1) is 5.92 Å². The minimum absolute atomic E-state index is 0.174. The SMILES string of the molecule is NC1=NC2(CS1)c1cc(Br)ccc1OC1CCOCC12. The van der Waals surface area contributed by atoms with Crippen LogP contribution in [0.25, 0.3) is 0 Å². The molecule has 6 heteroatoms. The third-order valence-electron chi connectivity index (χ3n) is 4.34. The molecule has 1 aromatic carbocycles. The molecule has 0 radical (unpaired) electrons. The Labute approximate surface area is 130 Å². The number of nitrogens with zero attached hydrogens (tertiary/aromatic N) is 1. The largest absolute Gasteiger partial charge is 0.489 e. The predicted octanol–water partition coefficient (Wildman–Crippen LogP) is 2.50. The summed E-state index contributed by atoms with van der Waals surface area (Å²) in [6, 6.07) is 6.16. The van der Waals surface area contributed by atoms with Gasteiger partial charge in [0.15, 0.2) is 5.17 Å². The molecule has 2 N–H and O–H groups in total. The van der Waals surface area contributed by atoms with Crippen LogP contribution in [0.4, 0.5) is 0 Å². The number of amidine groups is 1. The molecule has 1 aromatic rings. The molecule has 3 aliphatic heterocycles. The molecule has 0 aliphatic carbocycles. The van der Waals surface area contributed by atoms with E-state index < -0.39 is 0 Å². The van der Waals surface area contributed by atoms with Gasteiger partial charge in [-0.05, 0) is 18.2 Å². The number of fused-ring (bicyclic) bond motifs is 4. The smallest absolute Gasteiger partial charge is 0.154 e. The van der Waals surface area contributed by atoms with E-state index in [1.54, 1.807) is 11.8 Å². The summed E-state index contributed by atoms with van der Waals surface area (Å²) < 4.78 is 12.9. The van der Waals surface area contributed by atoms with Gasteiger partial charge in [-0.2, -0.15) is 0 Å². The van der Waals surface area contributed by atoms with Gasteiger partial charge in [0.2, 0.25) is 0 Å². The van der Waals surface area contributed by atoms with Crippen LogP contribution >= 0.6 is 27.7 Å². The van der Waals surface area contributed by atoms with Gasteiger partial charge in [-0.15, -0.1) is 0 Å². The fraction of sp³-hybridized carbons (Fsp3) is 0.500. The van der Waals surface area contributed by atoms with Crippen LogP contribution in [-0.4, -0.2) is 30.2 Å². The number of thioether (sulfide) groups is 1. The van der Waals surface area contributed by atoms with Crippen molar-refractivity contribution in [1.29, 1.82) is 0 Å². The van der Waals surface area contributed by atoms with Crippen LogP contribution in [-0.2, 0) is 10.3 Å². The molecule has 3 atom stereocenters. The van der Waals surface area contributed by atoms with E-state index in [0.717, 1.165) is 34.6 Å². The zero-order valence-electron chi connectivity index (χ0n) is 10.8. The quantitative estimate of drug-likeness (QED) is 0.777. The Hall–Kier alpha value is -0.720. The van der Waals surface area contributed by atoms with E-state index in [2.05, 4.69) is 22.0 Å². The van der Waals surface area contributed by atoms with Crippen LogP contribution in [0.5, 0.6) is 5.75 Å². The van der Waals surface area contributed by atoms with E-state index in [-0.39, 0.29) is 17.6 Å². The molecular formula is C14H15BrN2O2S. The monoisotopic (exact) mass is 354 g/mol. The van der Waals surface area contributed by atoms with Gasteiger partial charge in [0, 0.05) is 28.1 Å². The average Bonchev–Trinajstić information content (AvgIpc) is 2.84. The molecule has 1 spiro atoms. The van der Waals surface area contributed by atoms with Crippen LogP contribution < -0.4 is 10.5 Å². The molecule has 1 fully saturated rings. The van der Waals surface area contributed by atoms with Crippen molar-refractivity contribution in [3.8, 4) is 5.75 Å². The van der Waals surface area contributed by atoms with Crippen molar-refractivity contribution < 1.29 is 9.47 Å². The second-order valence-corrected chi connectivity index (χ2v) is 7.34. The Morgan fingerprint density at radius 2 is 2.35 bits per heavy atom. The van der Waals surface area contributed by atoms with Crippen molar-refractivity contribution in [3.05, 3.63) is 28.2 Å². The summed E-state index contributed by atoms with van der Waals surface area (Å²) in [5.74, 6) is 2.05. The first kappa shape index (κ1) is 13.0. The second kappa shape index (κ2) is 4.64. The number of rotatable bonds is 0. The lowest BCUT2D eigenvalue weighted by Gasteiger charge is -2.46. The Morgan fingerprint density at radius 3 is 3.15 bits per heavy atom. The van der Waals surface area contributed by atoms with Crippen molar-refractivity contribution in [2.45, 2.75) is 18.1 Å². The van der Waals surface area contributed by atoms with Gasteiger partial charge in [0.1, 0.15) is 17.4 Å². The van der Waals surface area contributed by atoms with E-state index in [0.29, 0.717) is 11.8 Å². The molecule has 3 unspecified atom stereocenters. The van der Waals surface area contributed by atoms with Gasteiger partial charge < -0.3 is 15.2 Å². The Morgan fingerprint density at radius 1 is 1.45 bits per heavy atom. The second-order valence-electron chi connectivity index (χ2n) is 5.43. The predicted molar refractivity (Wildman–Crippen MR) is 83.2 cm³/mol. The Bertz CT molecular complexity index is 595. The van der Waals surface area contributed by atoms with E-state index >= 15 is 0 Å². The zero-order valence-corrected chi connectivity index (χ0v) is 13.2.